The number of allylic oxidation sites excluding steroid dienone is 2. The zero-order chi connectivity index (χ0) is 12.3. The molecule has 2 rings (SSSR count). The monoisotopic (exact) mass is 238 g/mol. The van der Waals surface area contributed by atoms with Crippen molar-refractivity contribution in [3.05, 3.63) is 47.2 Å². The molecule has 0 aliphatic carbocycles. The van der Waals surface area contributed by atoms with Crippen molar-refractivity contribution in [2.24, 2.45) is 0 Å². The molecule has 0 amide bonds. The Morgan fingerprint density at radius 3 is 2.76 bits per heavy atom. The van der Waals surface area contributed by atoms with Gasteiger partial charge in [-0.05, 0) is 36.6 Å². The van der Waals surface area contributed by atoms with E-state index in [4.69, 9.17) is 4.74 Å². The van der Waals surface area contributed by atoms with E-state index < -0.39 is 11.6 Å². The summed E-state index contributed by atoms with van der Waals surface area (Å²) >= 11 is 0. The van der Waals surface area contributed by atoms with Crippen LogP contribution in [0, 0.1) is 11.6 Å². The van der Waals surface area contributed by atoms with Crippen molar-refractivity contribution in [3.8, 4) is 0 Å². The molecule has 0 N–H and O–H groups in total. The maximum absolute atomic E-state index is 12.9. The summed E-state index contributed by atoms with van der Waals surface area (Å²) in [5, 5.41) is 0. The van der Waals surface area contributed by atoms with E-state index in [-0.39, 0.29) is 12.2 Å². The zero-order valence-corrected chi connectivity index (χ0v) is 9.21. The van der Waals surface area contributed by atoms with Gasteiger partial charge in [-0.3, -0.25) is 4.79 Å². The van der Waals surface area contributed by atoms with Gasteiger partial charge in [0.05, 0.1) is 6.61 Å². The van der Waals surface area contributed by atoms with Crippen LogP contribution in [0.5, 0.6) is 0 Å². The number of halogens is 2. The normalized spacial score (nSPS) is 15.1. The average Bonchev–Trinajstić information content (AvgIpc) is 2.35. The van der Waals surface area contributed by atoms with Crippen molar-refractivity contribution in [1.82, 2.24) is 0 Å². The van der Waals surface area contributed by atoms with E-state index in [1.807, 2.05) is 0 Å². The summed E-state index contributed by atoms with van der Waals surface area (Å²) in [7, 11) is 0. The number of carbonyl (C=O) groups excluding carboxylic acids is 1. The first-order chi connectivity index (χ1) is 8.16. The summed E-state index contributed by atoms with van der Waals surface area (Å²) in [5.41, 5.74) is 0.448. The molecule has 1 heterocycles. The van der Waals surface area contributed by atoms with Gasteiger partial charge in [0.2, 0.25) is 5.78 Å². The number of benzene rings is 1. The fourth-order valence-corrected chi connectivity index (χ4v) is 1.67. The number of carbonyl (C=O) groups is 1. The molecule has 1 aromatic rings. The van der Waals surface area contributed by atoms with Gasteiger partial charge in [-0.15, -0.1) is 0 Å². The molecule has 1 aliphatic rings. The predicted octanol–water partition coefficient (Wildman–Crippen LogP) is 2.77. The van der Waals surface area contributed by atoms with Crippen molar-refractivity contribution in [3.63, 3.8) is 0 Å². The SMILES string of the molecule is O=C(Cc1ccc(F)c(F)c1)C1=CCCCO1. The molecule has 0 aromatic heterocycles. The first-order valence-electron chi connectivity index (χ1n) is 5.47. The minimum absolute atomic E-state index is 0.0308. The van der Waals surface area contributed by atoms with Crippen LogP contribution in [0.3, 0.4) is 0 Å². The number of Topliss-reactive ketones (excluding diaryl/α,β-unsaturated/α-hetero) is 1. The Hall–Kier alpha value is -1.71. The van der Waals surface area contributed by atoms with Crippen molar-refractivity contribution in [2.75, 3.05) is 6.61 Å². The standard InChI is InChI=1S/C13H12F2O2/c14-10-5-4-9(7-11(10)15)8-12(16)13-3-1-2-6-17-13/h3-5,7H,1-2,6,8H2. The first-order valence-corrected chi connectivity index (χ1v) is 5.47. The lowest BCUT2D eigenvalue weighted by Gasteiger charge is -2.13. The van der Waals surface area contributed by atoms with E-state index in [9.17, 15) is 13.6 Å². The molecule has 0 atom stereocenters. The Morgan fingerprint density at radius 2 is 2.12 bits per heavy atom. The molecule has 0 radical (unpaired) electrons. The maximum atomic E-state index is 12.9. The highest BCUT2D eigenvalue weighted by Gasteiger charge is 2.15. The van der Waals surface area contributed by atoms with E-state index in [1.165, 1.54) is 6.07 Å². The molecular weight excluding hydrogens is 226 g/mol. The van der Waals surface area contributed by atoms with Crippen LogP contribution in [-0.2, 0) is 16.0 Å². The molecule has 4 heteroatoms. The van der Waals surface area contributed by atoms with Crippen LogP contribution in [-0.4, -0.2) is 12.4 Å². The Morgan fingerprint density at radius 1 is 1.29 bits per heavy atom. The third kappa shape index (κ3) is 2.90. The van der Waals surface area contributed by atoms with Gasteiger partial charge in [-0.25, -0.2) is 8.78 Å². The number of ether oxygens (including phenoxy) is 1. The maximum Gasteiger partial charge on any atom is 0.201 e. The van der Waals surface area contributed by atoms with Crippen LogP contribution in [0.15, 0.2) is 30.0 Å². The molecule has 17 heavy (non-hydrogen) atoms. The second kappa shape index (κ2) is 5.08. The highest BCUT2D eigenvalue weighted by Crippen LogP contribution is 2.15. The van der Waals surface area contributed by atoms with Crippen molar-refractivity contribution >= 4 is 5.78 Å². The Labute approximate surface area is 97.9 Å². The van der Waals surface area contributed by atoms with E-state index in [0.29, 0.717) is 17.9 Å². The summed E-state index contributed by atoms with van der Waals surface area (Å²) < 4.78 is 30.8. The summed E-state index contributed by atoms with van der Waals surface area (Å²) in [4.78, 5) is 11.8. The Kier molecular flexibility index (Phi) is 3.52. The molecule has 0 saturated carbocycles. The fraction of sp³-hybridized carbons (Fsp3) is 0.308. The van der Waals surface area contributed by atoms with E-state index >= 15 is 0 Å². The molecule has 0 saturated heterocycles. The van der Waals surface area contributed by atoms with Gasteiger partial charge in [0.25, 0.3) is 0 Å². The number of hydrogen-bond acceptors (Lipinski definition) is 2. The smallest absolute Gasteiger partial charge is 0.201 e. The summed E-state index contributed by atoms with van der Waals surface area (Å²) in [5.74, 6) is -1.71. The molecular formula is C13H12F2O2. The topological polar surface area (TPSA) is 26.3 Å². The average molecular weight is 238 g/mol. The highest BCUT2D eigenvalue weighted by molar-refractivity contribution is 5.95. The highest BCUT2D eigenvalue weighted by atomic mass is 19.2. The third-order valence-corrected chi connectivity index (χ3v) is 2.56. The quantitative estimate of drug-likeness (QED) is 0.809. The van der Waals surface area contributed by atoms with Crippen LogP contribution < -0.4 is 0 Å². The summed E-state index contributed by atoms with van der Waals surface area (Å²) in [6.07, 6.45) is 3.50. The predicted molar refractivity (Wildman–Crippen MR) is 58.3 cm³/mol. The van der Waals surface area contributed by atoms with Crippen molar-refractivity contribution in [1.29, 1.82) is 0 Å². The zero-order valence-electron chi connectivity index (χ0n) is 9.21. The molecule has 0 unspecified atom stereocenters. The fourth-order valence-electron chi connectivity index (χ4n) is 1.67. The number of ketones is 1. The van der Waals surface area contributed by atoms with Crippen LogP contribution in [0.1, 0.15) is 18.4 Å². The van der Waals surface area contributed by atoms with Gasteiger partial charge in [0.15, 0.2) is 17.4 Å². The molecule has 1 aliphatic heterocycles. The van der Waals surface area contributed by atoms with Crippen LogP contribution in [0.4, 0.5) is 8.78 Å². The van der Waals surface area contributed by atoms with Crippen LogP contribution >= 0.6 is 0 Å². The van der Waals surface area contributed by atoms with Gasteiger partial charge < -0.3 is 4.74 Å². The lowest BCUT2D eigenvalue weighted by atomic mass is 10.1. The van der Waals surface area contributed by atoms with Gasteiger partial charge in [-0.2, -0.15) is 0 Å². The number of rotatable bonds is 3. The second-order valence-electron chi connectivity index (χ2n) is 3.91. The molecule has 2 nitrogen and oxygen atoms in total. The van der Waals surface area contributed by atoms with E-state index in [2.05, 4.69) is 0 Å². The van der Waals surface area contributed by atoms with Crippen molar-refractivity contribution in [2.45, 2.75) is 19.3 Å². The van der Waals surface area contributed by atoms with Crippen LogP contribution in [0.25, 0.3) is 0 Å². The largest absolute Gasteiger partial charge is 0.490 e. The van der Waals surface area contributed by atoms with Gasteiger partial charge >= 0.3 is 0 Å². The van der Waals surface area contributed by atoms with Gasteiger partial charge in [0.1, 0.15) is 0 Å². The van der Waals surface area contributed by atoms with E-state index in [0.717, 1.165) is 25.0 Å². The lowest BCUT2D eigenvalue weighted by molar-refractivity contribution is -0.118. The molecule has 90 valence electrons. The molecule has 0 fully saturated rings. The Balaban J connectivity index is 2.07. The minimum Gasteiger partial charge on any atom is -0.490 e. The molecule has 1 aromatic carbocycles. The third-order valence-electron chi connectivity index (χ3n) is 2.56. The second-order valence-corrected chi connectivity index (χ2v) is 3.91. The first kappa shape index (κ1) is 11.8. The number of hydrogen-bond donors (Lipinski definition) is 0. The molecule has 0 spiro atoms. The van der Waals surface area contributed by atoms with E-state index in [1.54, 1.807) is 6.08 Å². The minimum atomic E-state index is -0.936. The Bertz CT molecular complexity index is 466. The lowest BCUT2D eigenvalue weighted by Crippen LogP contribution is -2.13. The van der Waals surface area contributed by atoms with Crippen LogP contribution in [0.2, 0.25) is 0 Å². The summed E-state index contributed by atoms with van der Waals surface area (Å²) in [6, 6.07) is 3.46. The van der Waals surface area contributed by atoms with Crippen molar-refractivity contribution < 1.29 is 18.3 Å². The summed E-state index contributed by atoms with van der Waals surface area (Å²) in [6.45, 7) is 0.537. The molecule has 0 bridgehead atoms. The van der Waals surface area contributed by atoms with Gasteiger partial charge in [-0.1, -0.05) is 6.07 Å². The van der Waals surface area contributed by atoms with Gasteiger partial charge in [0, 0.05) is 6.42 Å².